The highest BCUT2D eigenvalue weighted by atomic mass is 16.5. The summed E-state index contributed by atoms with van der Waals surface area (Å²) in [4.78, 5) is 18.5. The van der Waals surface area contributed by atoms with Crippen LogP contribution in [0.25, 0.3) is 0 Å². The number of carbonyl (C=O) groups excluding carboxylic acids is 1. The number of imidazole rings is 1. The lowest BCUT2D eigenvalue weighted by atomic mass is 10.0. The number of amides is 1. The van der Waals surface area contributed by atoms with Crippen molar-refractivity contribution in [3.63, 3.8) is 0 Å². The van der Waals surface area contributed by atoms with E-state index in [1.54, 1.807) is 6.20 Å². The fourth-order valence-corrected chi connectivity index (χ4v) is 3.16. The van der Waals surface area contributed by atoms with Gasteiger partial charge >= 0.3 is 0 Å². The van der Waals surface area contributed by atoms with E-state index in [4.69, 9.17) is 4.74 Å². The maximum absolute atomic E-state index is 12.4. The highest BCUT2D eigenvalue weighted by molar-refractivity contribution is 5.76. The number of piperidine rings is 1. The number of likely N-dealkylation sites (tertiary alicyclic amines) is 1. The second kappa shape index (κ2) is 8.64. The lowest BCUT2D eigenvalue weighted by Crippen LogP contribution is -2.40. The van der Waals surface area contributed by atoms with Crippen LogP contribution in [0.3, 0.4) is 0 Å². The van der Waals surface area contributed by atoms with Gasteiger partial charge in [0.25, 0.3) is 0 Å². The number of carbonyl (C=O) groups is 1. The highest BCUT2D eigenvalue weighted by Crippen LogP contribution is 2.21. The summed E-state index contributed by atoms with van der Waals surface area (Å²) < 4.78 is 7.77. The Kier molecular flexibility index (Phi) is 6.01. The summed E-state index contributed by atoms with van der Waals surface area (Å²) in [5, 5.41) is 0. The molecule has 1 saturated heterocycles. The maximum Gasteiger partial charge on any atom is 0.222 e. The van der Waals surface area contributed by atoms with E-state index in [1.807, 2.05) is 35.6 Å². The Morgan fingerprint density at radius 1 is 1.29 bits per heavy atom. The molecule has 0 spiro atoms. The summed E-state index contributed by atoms with van der Waals surface area (Å²) in [6.07, 6.45) is 9.12. The first-order valence-electron chi connectivity index (χ1n) is 8.70. The highest BCUT2D eigenvalue weighted by Gasteiger charge is 2.23. The predicted molar refractivity (Wildman–Crippen MR) is 92.4 cm³/mol. The molecule has 128 valence electrons. The topological polar surface area (TPSA) is 47.4 Å². The molecule has 0 N–H and O–H groups in total. The number of benzene rings is 1. The number of ether oxygens (including phenoxy) is 1. The van der Waals surface area contributed by atoms with E-state index in [1.165, 1.54) is 5.56 Å². The number of aromatic nitrogens is 2. The summed E-state index contributed by atoms with van der Waals surface area (Å²) in [7, 11) is 0. The van der Waals surface area contributed by atoms with Gasteiger partial charge in [-0.15, -0.1) is 0 Å². The fourth-order valence-electron chi connectivity index (χ4n) is 3.16. The van der Waals surface area contributed by atoms with Crippen molar-refractivity contribution in [1.82, 2.24) is 14.5 Å². The minimum Gasteiger partial charge on any atom is -0.377 e. The minimum atomic E-state index is 0.239. The SMILES string of the molecule is O=C(CCCOCc1ccccc1)N1CCC[C@H](n2ccnc2)C1. The molecule has 24 heavy (non-hydrogen) atoms. The van der Waals surface area contributed by atoms with E-state index < -0.39 is 0 Å². The number of hydrogen-bond acceptors (Lipinski definition) is 3. The molecule has 2 heterocycles. The summed E-state index contributed by atoms with van der Waals surface area (Å²) in [6, 6.07) is 10.5. The molecule has 3 rings (SSSR count). The second-order valence-corrected chi connectivity index (χ2v) is 6.29. The van der Waals surface area contributed by atoms with Gasteiger partial charge in [-0.1, -0.05) is 30.3 Å². The molecule has 2 aromatic rings. The van der Waals surface area contributed by atoms with Gasteiger partial charge in [-0.25, -0.2) is 4.98 Å². The number of hydrogen-bond donors (Lipinski definition) is 0. The third-order valence-corrected chi connectivity index (χ3v) is 4.49. The average molecular weight is 327 g/mol. The van der Waals surface area contributed by atoms with Crippen LogP contribution in [0.2, 0.25) is 0 Å². The van der Waals surface area contributed by atoms with E-state index in [9.17, 15) is 4.79 Å². The molecule has 5 nitrogen and oxygen atoms in total. The van der Waals surface area contributed by atoms with Crippen molar-refractivity contribution in [2.24, 2.45) is 0 Å². The van der Waals surface area contributed by atoms with Gasteiger partial charge in [-0.05, 0) is 24.8 Å². The lowest BCUT2D eigenvalue weighted by Gasteiger charge is -2.33. The van der Waals surface area contributed by atoms with Crippen molar-refractivity contribution >= 4 is 5.91 Å². The van der Waals surface area contributed by atoms with E-state index in [0.29, 0.717) is 25.7 Å². The molecule has 1 aromatic heterocycles. The molecule has 1 aliphatic rings. The monoisotopic (exact) mass is 327 g/mol. The summed E-state index contributed by atoms with van der Waals surface area (Å²) in [6.45, 7) is 2.90. The molecule has 1 aliphatic heterocycles. The zero-order valence-electron chi connectivity index (χ0n) is 14.0. The molecule has 1 fully saturated rings. The first kappa shape index (κ1) is 16.7. The van der Waals surface area contributed by atoms with Crippen LogP contribution in [0.1, 0.15) is 37.3 Å². The third kappa shape index (κ3) is 4.68. The van der Waals surface area contributed by atoms with E-state index in [0.717, 1.165) is 32.4 Å². The first-order valence-corrected chi connectivity index (χ1v) is 8.70. The molecule has 0 saturated carbocycles. The molecule has 1 aromatic carbocycles. The van der Waals surface area contributed by atoms with E-state index >= 15 is 0 Å². The second-order valence-electron chi connectivity index (χ2n) is 6.29. The average Bonchev–Trinajstić information content (AvgIpc) is 3.17. The van der Waals surface area contributed by atoms with Gasteiger partial charge in [-0.3, -0.25) is 4.79 Å². The molecule has 1 atom stereocenters. The molecule has 0 unspecified atom stereocenters. The summed E-state index contributed by atoms with van der Waals surface area (Å²) in [5.41, 5.74) is 1.17. The third-order valence-electron chi connectivity index (χ3n) is 4.49. The van der Waals surface area contributed by atoms with Gasteiger partial charge in [0.1, 0.15) is 0 Å². The summed E-state index contributed by atoms with van der Waals surface area (Å²) in [5.74, 6) is 0.239. The molecule has 5 heteroatoms. The molecule has 1 amide bonds. The largest absolute Gasteiger partial charge is 0.377 e. The van der Waals surface area contributed by atoms with Crippen LogP contribution >= 0.6 is 0 Å². The van der Waals surface area contributed by atoms with Crippen molar-refractivity contribution in [2.45, 2.75) is 38.3 Å². The fraction of sp³-hybridized carbons (Fsp3) is 0.474. The molecule has 0 aliphatic carbocycles. The lowest BCUT2D eigenvalue weighted by molar-refractivity contribution is -0.133. The van der Waals surface area contributed by atoms with Crippen LogP contribution in [0.4, 0.5) is 0 Å². The van der Waals surface area contributed by atoms with Crippen molar-refractivity contribution in [1.29, 1.82) is 0 Å². The van der Waals surface area contributed by atoms with Crippen LogP contribution in [-0.4, -0.2) is 40.1 Å². The van der Waals surface area contributed by atoms with Crippen molar-refractivity contribution in [3.8, 4) is 0 Å². The van der Waals surface area contributed by atoms with Crippen LogP contribution in [-0.2, 0) is 16.1 Å². The molecular formula is C19H25N3O2. The number of rotatable bonds is 7. The Balaban J connectivity index is 1.36. The Morgan fingerprint density at radius 2 is 2.17 bits per heavy atom. The van der Waals surface area contributed by atoms with Crippen molar-refractivity contribution in [2.75, 3.05) is 19.7 Å². The van der Waals surface area contributed by atoms with E-state index in [-0.39, 0.29) is 5.91 Å². The maximum atomic E-state index is 12.4. The molecular weight excluding hydrogens is 302 g/mol. The Labute approximate surface area is 143 Å². The zero-order chi connectivity index (χ0) is 16.6. The van der Waals surface area contributed by atoms with Gasteiger partial charge in [0.2, 0.25) is 5.91 Å². The van der Waals surface area contributed by atoms with Crippen LogP contribution in [0, 0.1) is 0 Å². The van der Waals surface area contributed by atoms with Gasteiger partial charge in [-0.2, -0.15) is 0 Å². The van der Waals surface area contributed by atoms with Gasteiger partial charge in [0.15, 0.2) is 0 Å². The molecule has 0 bridgehead atoms. The smallest absolute Gasteiger partial charge is 0.222 e. The van der Waals surface area contributed by atoms with Crippen LogP contribution in [0.5, 0.6) is 0 Å². The Hall–Kier alpha value is -2.14. The number of nitrogens with zero attached hydrogens (tertiary/aromatic N) is 3. The van der Waals surface area contributed by atoms with Crippen molar-refractivity contribution in [3.05, 3.63) is 54.6 Å². The van der Waals surface area contributed by atoms with E-state index in [2.05, 4.69) is 21.7 Å². The Morgan fingerprint density at radius 3 is 2.96 bits per heavy atom. The summed E-state index contributed by atoms with van der Waals surface area (Å²) >= 11 is 0. The van der Waals surface area contributed by atoms with Gasteiger partial charge < -0.3 is 14.2 Å². The first-order chi connectivity index (χ1) is 11.8. The predicted octanol–water partition coefficient (Wildman–Crippen LogP) is 3.04. The Bertz CT molecular complexity index is 613. The van der Waals surface area contributed by atoms with Crippen LogP contribution < -0.4 is 0 Å². The zero-order valence-corrected chi connectivity index (χ0v) is 14.0. The van der Waals surface area contributed by atoms with Crippen molar-refractivity contribution < 1.29 is 9.53 Å². The standard InChI is InChI=1S/C19H25N3O2/c23-19(9-5-13-24-15-17-6-2-1-3-7-17)21-11-4-8-18(14-21)22-12-10-20-16-22/h1-3,6-7,10,12,16,18H,4-5,8-9,11,13-15H2/t18-/m0/s1. The molecule has 0 radical (unpaired) electrons. The van der Waals surface area contributed by atoms with Gasteiger partial charge in [0.05, 0.1) is 19.0 Å². The quantitative estimate of drug-likeness (QED) is 0.734. The minimum absolute atomic E-state index is 0.239. The van der Waals surface area contributed by atoms with Crippen LogP contribution in [0.15, 0.2) is 49.1 Å². The normalized spacial score (nSPS) is 17.8. The van der Waals surface area contributed by atoms with Gasteiger partial charge in [0, 0.05) is 38.5 Å².